The monoisotopic (exact) mass is 199 g/mol. The van der Waals surface area contributed by atoms with Crippen molar-refractivity contribution in [3.05, 3.63) is 29.3 Å². The Kier molecular flexibility index (Phi) is 3.11. The number of rotatable bonds is 1. The summed E-state index contributed by atoms with van der Waals surface area (Å²) in [7, 11) is 1.46. The van der Waals surface area contributed by atoms with Crippen molar-refractivity contribution in [2.75, 3.05) is 12.4 Å². The molecule has 4 nitrogen and oxygen atoms in total. The number of nitrogens with two attached hydrogens (primary N) is 1. The summed E-state index contributed by atoms with van der Waals surface area (Å²) in [6.45, 7) is 0. The number of carbonyl (C=O) groups excluding carboxylic acids is 1. The second kappa shape index (κ2) is 4.11. The standard InChI is InChI=1S/C8H10ClN3O/c1-12(10)8(13)11-7-4-2-3-6(9)5-7/h2-5H,10H2,1H3,(H,11,13). The third-order valence-corrected chi connectivity index (χ3v) is 1.63. The molecule has 3 N–H and O–H groups in total. The lowest BCUT2D eigenvalue weighted by Crippen LogP contribution is -2.36. The van der Waals surface area contributed by atoms with E-state index in [9.17, 15) is 4.79 Å². The molecule has 0 unspecified atom stereocenters. The van der Waals surface area contributed by atoms with Crippen molar-refractivity contribution in [2.24, 2.45) is 5.84 Å². The summed E-state index contributed by atoms with van der Waals surface area (Å²) in [5, 5.41) is 4.09. The number of nitrogens with zero attached hydrogens (tertiary/aromatic N) is 1. The molecule has 0 spiro atoms. The summed E-state index contributed by atoms with van der Waals surface area (Å²) in [4.78, 5) is 11.1. The summed E-state index contributed by atoms with van der Waals surface area (Å²) < 4.78 is 0. The molecule has 1 aromatic carbocycles. The van der Waals surface area contributed by atoms with Gasteiger partial charge in [-0.25, -0.2) is 10.6 Å². The number of nitrogens with one attached hydrogen (secondary N) is 1. The van der Waals surface area contributed by atoms with Crippen LogP contribution in [0.2, 0.25) is 5.02 Å². The van der Waals surface area contributed by atoms with Gasteiger partial charge in [0.15, 0.2) is 0 Å². The molecule has 70 valence electrons. The summed E-state index contributed by atoms with van der Waals surface area (Å²) in [6.07, 6.45) is 0. The second-order valence-corrected chi connectivity index (χ2v) is 2.99. The quantitative estimate of drug-likeness (QED) is 0.411. The zero-order valence-corrected chi connectivity index (χ0v) is 7.88. The highest BCUT2D eigenvalue weighted by Gasteiger charge is 2.03. The van der Waals surface area contributed by atoms with E-state index in [4.69, 9.17) is 17.4 Å². The van der Waals surface area contributed by atoms with Gasteiger partial charge in [0.25, 0.3) is 0 Å². The van der Waals surface area contributed by atoms with Crippen molar-refractivity contribution in [1.82, 2.24) is 5.01 Å². The number of amides is 2. The predicted octanol–water partition coefficient (Wildman–Crippen LogP) is 1.68. The van der Waals surface area contributed by atoms with Gasteiger partial charge in [0.05, 0.1) is 0 Å². The first-order valence-corrected chi connectivity index (χ1v) is 4.02. The highest BCUT2D eigenvalue weighted by atomic mass is 35.5. The van der Waals surface area contributed by atoms with Crippen LogP contribution in [0.15, 0.2) is 24.3 Å². The fourth-order valence-corrected chi connectivity index (χ4v) is 0.968. The zero-order chi connectivity index (χ0) is 9.84. The fourth-order valence-electron chi connectivity index (χ4n) is 0.778. The van der Waals surface area contributed by atoms with Crippen LogP contribution in [0.1, 0.15) is 0 Å². The largest absolute Gasteiger partial charge is 0.335 e. The van der Waals surface area contributed by atoms with E-state index in [1.54, 1.807) is 24.3 Å². The van der Waals surface area contributed by atoms with Gasteiger partial charge in [0.1, 0.15) is 0 Å². The Morgan fingerprint density at radius 1 is 1.62 bits per heavy atom. The van der Waals surface area contributed by atoms with Crippen LogP contribution >= 0.6 is 11.6 Å². The maximum absolute atomic E-state index is 11.1. The number of benzene rings is 1. The molecule has 13 heavy (non-hydrogen) atoms. The average molecular weight is 200 g/mol. The van der Waals surface area contributed by atoms with Crippen molar-refractivity contribution in [1.29, 1.82) is 0 Å². The molecule has 0 fully saturated rings. The van der Waals surface area contributed by atoms with E-state index in [0.29, 0.717) is 10.7 Å². The molecular formula is C8H10ClN3O. The topological polar surface area (TPSA) is 58.4 Å². The lowest BCUT2D eigenvalue weighted by atomic mass is 10.3. The van der Waals surface area contributed by atoms with E-state index in [1.807, 2.05) is 0 Å². The van der Waals surface area contributed by atoms with Crippen LogP contribution in [-0.4, -0.2) is 18.1 Å². The van der Waals surface area contributed by atoms with Crippen LogP contribution in [0.4, 0.5) is 10.5 Å². The number of urea groups is 1. The minimum absolute atomic E-state index is 0.387. The van der Waals surface area contributed by atoms with Crippen LogP contribution < -0.4 is 11.2 Å². The van der Waals surface area contributed by atoms with Crippen LogP contribution in [0.5, 0.6) is 0 Å². The first-order valence-electron chi connectivity index (χ1n) is 3.64. The van der Waals surface area contributed by atoms with Crippen LogP contribution in [-0.2, 0) is 0 Å². The van der Waals surface area contributed by atoms with Gasteiger partial charge in [-0.1, -0.05) is 17.7 Å². The summed E-state index contributed by atoms with van der Waals surface area (Å²) in [6, 6.07) is 6.45. The predicted molar refractivity (Wildman–Crippen MR) is 52.4 cm³/mol. The van der Waals surface area contributed by atoms with Crippen molar-refractivity contribution in [2.45, 2.75) is 0 Å². The second-order valence-electron chi connectivity index (χ2n) is 2.55. The van der Waals surface area contributed by atoms with Crippen LogP contribution in [0, 0.1) is 0 Å². The Balaban J connectivity index is 2.69. The average Bonchev–Trinajstić information content (AvgIpc) is 2.04. The molecule has 2 amide bonds. The molecule has 0 saturated carbocycles. The number of hydrazine groups is 1. The SMILES string of the molecule is CN(N)C(=O)Nc1cccc(Cl)c1. The van der Waals surface area contributed by atoms with Gasteiger partial charge in [-0.05, 0) is 18.2 Å². The maximum Gasteiger partial charge on any atom is 0.335 e. The third kappa shape index (κ3) is 2.93. The van der Waals surface area contributed by atoms with Gasteiger partial charge in [-0.3, -0.25) is 5.01 Å². The highest BCUT2D eigenvalue weighted by molar-refractivity contribution is 6.30. The van der Waals surface area contributed by atoms with E-state index in [1.165, 1.54) is 7.05 Å². The Bertz CT molecular complexity index is 314. The van der Waals surface area contributed by atoms with E-state index >= 15 is 0 Å². The van der Waals surface area contributed by atoms with Crippen LogP contribution in [0.25, 0.3) is 0 Å². The lowest BCUT2D eigenvalue weighted by Gasteiger charge is -2.11. The smallest absolute Gasteiger partial charge is 0.307 e. The molecule has 0 radical (unpaired) electrons. The van der Waals surface area contributed by atoms with Crippen molar-refractivity contribution >= 4 is 23.3 Å². The fraction of sp³-hybridized carbons (Fsp3) is 0.125. The molecule has 0 bridgehead atoms. The molecule has 0 atom stereocenters. The van der Waals surface area contributed by atoms with Crippen molar-refractivity contribution < 1.29 is 4.79 Å². The Morgan fingerprint density at radius 3 is 2.85 bits per heavy atom. The molecule has 0 heterocycles. The first-order chi connectivity index (χ1) is 6.09. The van der Waals surface area contributed by atoms with E-state index in [-0.39, 0.29) is 6.03 Å². The van der Waals surface area contributed by atoms with Gasteiger partial charge in [0, 0.05) is 17.8 Å². The van der Waals surface area contributed by atoms with Gasteiger partial charge in [-0.15, -0.1) is 0 Å². The van der Waals surface area contributed by atoms with Crippen LogP contribution in [0.3, 0.4) is 0 Å². The molecule has 0 saturated heterocycles. The van der Waals surface area contributed by atoms with Gasteiger partial charge in [0.2, 0.25) is 0 Å². The van der Waals surface area contributed by atoms with Gasteiger partial charge >= 0.3 is 6.03 Å². The molecule has 0 aliphatic rings. The number of anilines is 1. The Morgan fingerprint density at radius 2 is 2.31 bits per heavy atom. The molecular weight excluding hydrogens is 190 g/mol. The van der Waals surface area contributed by atoms with E-state index < -0.39 is 0 Å². The first kappa shape index (κ1) is 9.83. The summed E-state index contributed by atoms with van der Waals surface area (Å²) in [5.41, 5.74) is 0.620. The van der Waals surface area contributed by atoms with E-state index in [0.717, 1.165) is 5.01 Å². The van der Waals surface area contributed by atoms with Gasteiger partial charge in [-0.2, -0.15) is 0 Å². The maximum atomic E-state index is 11.1. The summed E-state index contributed by atoms with van der Waals surface area (Å²) >= 11 is 5.71. The summed E-state index contributed by atoms with van der Waals surface area (Å²) in [5.74, 6) is 5.21. The highest BCUT2D eigenvalue weighted by Crippen LogP contribution is 2.14. The Hall–Kier alpha value is -1.26. The van der Waals surface area contributed by atoms with Crippen molar-refractivity contribution in [3.63, 3.8) is 0 Å². The Labute approximate surface area is 81.2 Å². The molecule has 1 rings (SSSR count). The molecule has 1 aromatic rings. The number of hydrogen-bond acceptors (Lipinski definition) is 2. The number of halogens is 1. The third-order valence-electron chi connectivity index (χ3n) is 1.40. The molecule has 5 heteroatoms. The lowest BCUT2D eigenvalue weighted by molar-refractivity contribution is 0.223. The van der Waals surface area contributed by atoms with Crippen molar-refractivity contribution in [3.8, 4) is 0 Å². The normalized spacial score (nSPS) is 9.46. The zero-order valence-electron chi connectivity index (χ0n) is 7.12. The molecule has 0 aliphatic heterocycles. The number of hydrogen-bond donors (Lipinski definition) is 2. The minimum Gasteiger partial charge on any atom is -0.307 e. The van der Waals surface area contributed by atoms with E-state index in [2.05, 4.69) is 5.32 Å². The number of carbonyl (C=O) groups is 1. The minimum atomic E-state index is -0.387. The van der Waals surface area contributed by atoms with Gasteiger partial charge < -0.3 is 5.32 Å². The molecule has 0 aromatic heterocycles. The molecule has 0 aliphatic carbocycles.